The summed E-state index contributed by atoms with van der Waals surface area (Å²) in [5.74, 6) is 1.30. The summed E-state index contributed by atoms with van der Waals surface area (Å²) >= 11 is 3.04. The molecule has 0 aliphatic rings. The number of hydrogen-bond acceptors (Lipinski definition) is 7. The standard InChI is InChI=1S/C22H27N3O3S2/c1-5-24(6-2)13-14-25(19(26)12-9-16-8-7-15-29-16)22-23-20-17(27-3)10-11-18(28-4)21(20)30-22/h7-12,15H,5-6,13-14H2,1-4H3/b12-9+. The van der Waals surface area contributed by atoms with E-state index in [0.29, 0.717) is 22.9 Å². The van der Waals surface area contributed by atoms with Gasteiger partial charge >= 0.3 is 0 Å². The van der Waals surface area contributed by atoms with Gasteiger partial charge in [-0.3, -0.25) is 9.69 Å². The zero-order chi connectivity index (χ0) is 21.5. The summed E-state index contributed by atoms with van der Waals surface area (Å²) in [6.45, 7) is 7.45. The molecule has 0 atom stereocenters. The second kappa shape index (κ2) is 10.6. The summed E-state index contributed by atoms with van der Waals surface area (Å²) < 4.78 is 11.8. The number of fused-ring (bicyclic) bond motifs is 1. The molecule has 0 unspecified atom stereocenters. The summed E-state index contributed by atoms with van der Waals surface area (Å²) in [5, 5.41) is 2.63. The van der Waals surface area contributed by atoms with Crippen LogP contribution in [0.1, 0.15) is 18.7 Å². The molecule has 0 fully saturated rings. The number of carbonyl (C=O) groups excluding carboxylic acids is 1. The number of anilines is 1. The first-order valence-corrected chi connectivity index (χ1v) is 11.6. The van der Waals surface area contributed by atoms with E-state index in [2.05, 4.69) is 18.7 Å². The molecule has 160 valence electrons. The van der Waals surface area contributed by atoms with Crippen LogP contribution >= 0.6 is 22.7 Å². The Bertz CT molecular complexity index is 954. The van der Waals surface area contributed by atoms with E-state index in [0.717, 1.165) is 35.0 Å². The zero-order valence-corrected chi connectivity index (χ0v) is 19.4. The lowest BCUT2D eigenvalue weighted by Crippen LogP contribution is -2.38. The molecule has 0 spiro atoms. The molecule has 0 aliphatic carbocycles. The fourth-order valence-electron chi connectivity index (χ4n) is 3.10. The molecule has 30 heavy (non-hydrogen) atoms. The molecule has 2 aromatic heterocycles. The van der Waals surface area contributed by atoms with Crippen LogP contribution in [-0.4, -0.2) is 56.2 Å². The summed E-state index contributed by atoms with van der Waals surface area (Å²) in [6.07, 6.45) is 3.47. The lowest BCUT2D eigenvalue weighted by Gasteiger charge is -2.23. The number of aromatic nitrogens is 1. The van der Waals surface area contributed by atoms with Crippen LogP contribution in [0, 0.1) is 0 Å². The van der Waals surface area contributed by atoms with E-state index in [1.165, 1.54) is 11.3 Å². The van der Waals surface area contributed by atoms with Gasteiger partial charge in [-0.25, -0.2) is 4.98 Å². The van der Waals surface area contributed by atoms with E-state index < -0.39 is 0 Å². The average molecular weight is 446 g/mol. The fourth-order valence-corrected chi connectivity index (χ4v) is 4.82. The summed E-state index contributed by atoms with van der Waals surface area (Å²) in [7, 11) is 3.25. The van der Waals surface area contributed by atoms with E-state index in [4.69, 9.17) is 14.5 Å². The Morgan fingerprint density at radius 2 is 1.83 bits per heavy atom. The van der Waals surface area contributed by atoms with Gasteiger partial charge in [-0.1, -0.05) is 31.3 Å². The lowest BCUT2D eigenvalue weighted by molar-refractivity contribution is -0.114. The van der Waals surface area contributed by atoms with Crippen LogP contribution < -0.4 is 14.4 Å². The fraction of sp³-hybridized carbons (Fsp3) is 0.364. The molecular weight excluding hydrogens is 418 g/mol. The first kappa shape index (κ1) is 22.3. The van der Waals surface area contributed by atoms with Crippen molar-refractivity contribution in [2.24, 2.45) is 0 Å². The van der Waals surface area contributed by atoms with Crippen LogP contribution in [0.4, 0.5) is 5.13 Å². The Morgan fingerprint density at radius 1 is 1.10 bits per heavy atom. The topological polar surface area (TPSA) is 54.9 Å². The maximum absolute atomic E-state index is 13.1. The van der Waals surface area contributed by atoms with E-state index in [-0.39, 0.29) is 5.91 Å². The predicted octanol–water partition coefficient (Wildman–Crippen LogP) is 4.76. The quantitative estimate of drug-likeness (QED) is 0.421. The predicted molar refractivity (Wildman–Crippen MR) is 126 cm³/mol. The smallest absolute Gasteiger partial charge is 0.252 e. The number of benzene rings is 1. The number of hydrogen-bond donors (Lipinski definition) is 0. The van der Waals surface area contributed by atoms with Crippen molar-refractivity contribution >= 4 is 50.0 Å². The third-order valence-corrected chi connectivity index (χ3v) is 6.79. The Hall–Kier alpha value is -2.42. The van der Waals surface area contributed by atoms with E-state index in [9.17, 15) is 4.79 Å². The van der Waals surface area contributed by atoms with E-state index in [1.54, 1.807) is 36.5 Å². The SMILES string of the molecule is CCN(CC)CCN(C(=O)/C=C/c1cccs1)c1nc2c(OC)ccc(OC)c2s1. The molecule has 6 nitrogen and oxygen atoms in total. The van der Waals surface area contributed by atoms with Gasteiger partial charge < -0.3 is 14.4 Å². The first-order valence-electron chi connectivity index (χ1n) is 9.88. The molecule has 0 aliphatic heterocycles. The van der Waals surface area contributed by atoms with Crippen LogP contribution in [0.3, 0.4) is 0 Å². The molecule has 1 aromatic carbocycles. The van der Waals surface area contributed by atoms with Crippen molar-refractivity contribution in [3.05, 3.63) is 40.6 Å². The molecule has 2 heterocycles. The number of rotatable bonds is 10. The molecule has 0 bridgehead atoms. The minimum absolute atomic E-state index is 0.0902. The molecule has 8 heteroatoms. The lowest BCUT2D eigenvalue weighted by atomic mass is 10.3. The average Bonchev–Trinajstić information content (AvgIpc) is 3.44. The third kappa shape index (κ3) is 5.00. The molecule has 1 amide bonds. The molecular formula is C22H27N3O3S2. The van der Waals surface area contributed by atoms with E-state index >= 15 is 0 Å². The summed E-state index contributed by atoms with van der Waals surface area (Å²) in [5.41, 5.74) is 0.708. The van der Waals surface area contributed by atoms with Crippen LogP contribution in [0.5, 0.6) is 11.5 Å². The number of nitrogens with zero attached hydrogens (tertiary/aromatic N) is 3. The Morgan fingerprint density at radius 3 is 2.47 bits per heavy atom. The maximum atomic E-state index is 13.1. The zero-order valence-electron chi connectivity index (χ0n) is 17.8. The largest absolute Gasteiger partial charge is 0.495 e. The van der Waals surface area contributed by atoms with Crippen molar-refractivity contribution in [2.75, 3.05) is 45.3 Å². The Kier molecular flexibility index (Phi) is 7.84. The van der Waals surface area contributed by atoms with Gasteiger partial charge in [0.05, 0.1) is 14.2 Å². The normalized spacial score (nSPS) is 11.5. The van der Waals surface area contributed by atoms with Crippen molar-refractivity contribution < 1.29 is 14.3 Å². The molecule has 3 rings (SSSR count). The van der Waals surface area contributed by atoms with Gasteiger partial charge in [-0.15, -0.1) is 11.3 Å². The van der Waals surface area contributed by atoms with Crippen molar-refractivity contribution in [3.63, 3.8) is 0 Å². The maximum Gasteiger partial charge on any atom is 0.252 e. The van der Waals surface area contributed by atoms with Crippen molar-refractivity contribution in [2.45, 2.75) is 13.8 Å². The third-order valence-electron chi connectivity index (χ3n) is 4.86. The van der Waals surface area contributed by atoms with Gasteiger partial charge in [0.25, 0.3) is 5.91 Å². The van der Waals surface area contributed by atoms with Gasteiger partial charge in [-0.05, 0) is 42.7 Å². The highest BCUT2D eigenvalue weighted by atomic mass is 32.1. The summed E-state index contributed by atoms with van der Waals surface area (Å²) in [4.78, 5) is 23.0. The highest BCUT2D eigenvalue weighted by molar-refractivity contribution is 7.22. The number of carbonyl (C=O) groups is 1. The molecule has 0 radical (unpaired) electrons. The minimum atomic E-state index is -0.0902. The highest BCUT2D eigenvalue weighted by Crippen LogP contribution is 2.40. The minimum Gasteiger partial charge on any atom is -0.495 e. The molecule has 0 N–H and O–H groups in total. The number of amides is 1. The summed E-state index contributed by atoms with van der Waals surface area (Å²) in [6, 6.07) is 7.66. The van der Waals surface area contributed by atoms with E-state index in [1.807, 2.05) is 35.7 Å². The number of methoxy groups -OCH3 is 2. The Labute approximate surface area is 185 Å². The van der Waals surface area contributed by atoms with Crippen molar-refractivity contribution in [3.8, 4) is 11.5 Å². The monoisotopic (exact) mass is 445 g/mol. The van der Waals surface area contributed by atoms with Gasteiger partial charge in [0, 0.05) is 24.0 Å². The molecule has 0 saturated heterocycles. The van der Waals surface area contributed by atoms with Crippen LogP contribution in [-0.2, 0) is 4.79 Å². The first-order chi connectivity index (χ1) is 14.6. The number of likely N-dealkylation sites (N-methyl/N-ethyl adjacent to an activating group) is 1. The van der Waals surface area contributed by atoms with Gasteiger partial charge in [-0.2, -0.15) is 0 Å². The van der Waals surface area contributed by atoms with Gasteiger partial charge in [0.1, 0.15) is 21.7 Å². The highest BCUT2D eigenvalue weighted by Gasteiger charge is 2.21. The Balaban J connectivity index is 1.97. The van der Waals surface area contributed by atoms with Crippen LogP contribution in [0.15, 0.2) is 35.7 Å². The van der Waals surface area contributed by atoms with Crippen LogP contribution in [0.25, 0.3) is 16.3 Å². The number of thiazole rings is 1. The second-order valence-electron chi connectivity index (χ2n) is 6.51. The number of ether oxygens (including phenoxy) is 2. The molecule has 0 saturated carbocycles. The van der Waals surface area contributed by atoms with Gasteiger partial charge in [0.15, 0.2) is 5.13 Å². The van der Waals surface area contributed by atoms with Crippen molar-refractivity contribution in [1.29, 1.82) is 0 Å². The second-order valence-corrected chi connectivity index (χ2v) is 8.47. The van der Waals surface area contributed by atoms with Crippen LogP contribution in [0.2, 0.25) is 0 Å². The van der Waals surface area contributed by atoms with Gasteiger partial charge in [0.2, 0.25) is 0 Å². The number of thiophene rings is 1. The van der Waals surface area contributed by atoms with Crippen molar-refractivity contribution in [1.82, 2.24) is 9.88 Å². The molecule has 3 aromatic rings.